The number of carboxylic acids is 1. The predicted octanol–water partition coefficient (Wildman–Crippen LogP) is 0.882. The molecule has 0 spiro atoms. The molecule has 7 heteroatoms. The van der Waals surface area contributed by atoms with E-state index in [0.717, 1.165) is 6.42 Å². The summed E-state index contributed by atoms with van der Waals surface area (Å²) < 4.78 is 1.23. The lowest BCUT2D eigenvalue weighted by atomic mass is 10.0. The van der Waals surface area contributed by atoms with Crippen LogP contribution in [-0.2, 0) is 11.3 Å². The van der Waals surface area contributed by atoms with Crippen molar-refractivity contribution in [3.8, 4) is 0 Å². The maximum atomic E-state index is 12.1. The molecule has 116 valence electrons. The molecule has 1 rings (SSSR count). The Morgan fingerprint density at radius 1 is 1.38 bits per heavy atom. The molecular weight excluding hydrogens is 274 g/mol. The SMILES string of the molecule is CCCn1nc(C(=O)NC(CC(=O)O)C(C)C)ccc1=O. The Hall–Kier alpha value is -2.18. The van der Waals surface area contributed by atoms with E-state index in [4.69, 9.17) is 5.11 Å². The monoisotopic (exact) mass is 295 g/mol. The van der Waals surface area contributed by atoms with Crippen LogP contribution < -0.4 is 10.9 Å². The van der Waals surface area contributed by atoms with E-state index in [1.165, 1.54) is 16.8 Å². The number of carbonyl (C=O) groups is 2. The molecule has 0 aliphatic rings. The van der Waals surface area contributed by atoms with E-state index in [1.807, 2.05) is 20.8 Å². The molecule has 0 aliphatic carbocycles. The molecule has 0 aliphatic heterocycles. The smallest absolute Gasteiger partial charge is 0.305 e. The van der Waals surface area contributed by atoms with Crippen LogP contribution in [0.3, 0.4) is 0 Å². The van der Waals surface area contributed by atoms with Crippen LogP contribution in [0.5, 0.6) is 0 Å². The fraction of sp³-hybridized carbons (Fsp3) is 0.571. The van der Waals surface area contributed by atoms with Gasteiger partial charge in [-0.25, -0.2) is 4.68 Å². The first-order valence-corrected chi connectivity index (χ1v) is 6.96. The number of aliphatic carboxylic acids is 1. The van der Waals surface area contributed by atoms with E-state index in [2.05, 4.69) is 10.4 Å². The molecule has 0 saturated carbocycles. The van der Waals surface area contributed by atoms with Crippen molar-refractivity contribution in [2.75, 3.05) is 0 Å². The Labute approximate surface area is 123 Å². The summed E-state index contributed by atoms with van der Waals surface area (Å²) in [4.78, 5) is 34.5. The van der Waals surface area contributed by atoms with Crippen molar-refractivity contribution < 1.29 is 14.7 Å². The summed E-state index contributed by atoms with van der Waals surface area (Å²) in [6.07, 6.45) is 0.573. The van der Waals surface area contributed by atoms with Crippen LogP contribution >= 0.6 is 0 Å². The van der Waals surface area contributed by atoms with Gasteiger partial charge in [-0.2, -0.15) is 5.10 Å². The molecule has 0 bridgehead atoms. The minimum absolute atomic E-state index is 0.0217. The summed E-state index contributed by atoms with van der Waals surface area (Å²) in [5.41, 5.74) is -0.154. The lowest BCUT2D eigenvalue weighted by Crippen LogP contribution is -2.41. The number of carboxylic acid groups (broad SMARTS) is 1. The van der Waals surface area contributed by atoms with Crippen LogP contribution in [0.1, 0.15) is 44.1 Å². The quantitative estimate of drug-likeness (QED) is 0.777. The Morgan fingerprint density at radius 3 is 2.57 bits per heavy atom. The zero-order valence-electron chi connectivity index (χ0n) is 12.5. The third-order valence-electron chi connectivity index (χ3n) is 3.05. The van der Waals surface area contributed by atoms with Crippen molar-refractivity contribution in [1.29, 1.82) is 0 Å². The number of hydrogen-bond acceptors (Lipinski definition) is 4. The lowest BCUT2D eigenvalue weighted by Gasteiger charge is -2.20. The second-order valence-electron chi connectivity index (χ2n) is 5.20. The number of nitrogens with one attached hydrogen (secondary N) is 1. The molecule has 0 saturated heterocycles. The second-order valence-corrected chi connectivity index (χ2v) is 5.20. The molecule has 0 fully saturated rings. The van der Waals surface area contributed by atoms with Gasteiger partial charge in [-0.05, 0) is 18.4 Å². The van der Waals surface area contributed by atoms with Crippen LogP contribution in [0.15, 0.2) is 16.9 Å². The zero-order valence-corrected chi connectivity index (χ0v) is 12.5. The van der Waals surface area contributed by atoms with Crippen molar-refractivity contribution >= 4 is 11.9 Å². The molecule has 7 nitrogen and oxygen atoms in total. The predicted molar refractivity (Wildman–Crippen MR) is 77.1 cm³/mol. The first-order valence-electron chi connectivity index (χ1n) is 6.96. The molecule has 1 heterocycles. The first kappa shape index (κ1) is 16.9. The molecule has 1 aromatic heterocycles. The van der Waals surface area contributed by atoms with E-state index in [0.29, 0.717) is 6.54 Å². The van der Waals surface area contributed by atoms with E-state index in [1.54, 1.807) is 0 Å². The van der Waals surface area contributed by atoms with Crippen LogP contribution in [0.25, 0.3) is 0 Å². The van der Waals surface area contributed by atoms with Gasteiger partial charge in [-0.1, -0.05) is 20.8 Å². The van der Waals surface area contributed by atoms with Gasteiger partial charge in [0, 0.05) is 18.7 Å². The Morgan fingerprint density at radius 2 is 2.05 bits per heavy atom. The highest BCUT2D eigenvalue weighted by molar-refractivity contribution is 5.92. The molecule has 1 aromatic rings. The maximum Gasteiger partial charge on any atom is 0.305 e. The number of aromatic nitrogens is 2. The molecule has 0 aromatic carbocycles. The van der Waals surface area contributed by atoms with Crippen LogP contribution in [0, 0.1) is 5.92 Å². The minimum atomic E-state index is -0.974. The van der Waals surface area contributed by atoms with Gasteiger partial charge in [0.25, 0.3) is 11.5 Å². The Bertz CT molecular complexity index is 566. The number of amides is 1. The maximum absolute atomic E-state index is 12.1. The van der Waals surface area contributed by atoms with Crippen molar-refractivity contribution in [2.45, 2.75) is 46.2 Å². The van der Waals surface area contributed by atoms with Crippen molar-refractivity contribution in [3.05, 3.63) is 28.2 Å². The topological polar surface area (TPSA) is 101 Å². The Kier molecular flexibility index (Phi) is 6.08. The zero-order chi connectivity index (χ0) is 16.0. The number of aryl methyl sites for hydroxylation is 1. The fourth-order valence-electron chi connectivity index (χ4n) is 1.83. The standard InChI is InChI=1S/C14H21N3O4/c1-4-7-17-12(18)6-5-10(16-17)14(21)15-11(9(2)3)8-13(19)20/h5-6,9,11H,4,7-8H2,1-3H3,(H,15,21)(H,19,20). The number of carbonyl (C=O) groups excluding carboxylic acids is 1. The van der Waals surface area contributed by atoms with Gasteiger partial charge in [0.2, 0.25) is 0 Å². The van der Waals surface area contributed by atoms with Gasteiger partial charge in [0.15, 0.2) is 0 Å². The second kappa shape index (κ2) is 7.56. The van der Waals surface area contributed by atoms with Crippen LogP contribution in [0.4, 0.5) is 0 Å². The van der Waals surface area contributed by atoms with E-state index < -0.39 is 17.9 Å². The highest BCUT2D eigenvalue weighted by Gasteiger charge is 2.21. The number of nitrogens with zero attached hydrogens (tertiary/aromatic N) is 2. The minimum Gasteiger partial charge on any atom is -0.481 e. The van der Waals surface area contributed by atoms with Gasteiger partial charge < -0.3 is 10.4 Å². The summed E-state index contributed by atoms with van der Waals surface area (Å²) >= 11 is 0. The molecule has 1 unspecified atom stereocenters. The Balaban J connectivity index is 2.89. The highest BCUT2D eigenvalue weighted by Crippen LogP contribution is 2.07. The van der Waals surface area contributed by atoms with Gasteiger partial charge in [-0.3, -0.25) is 14.4 Å². The third kappa shape index (κ3) is 5.02. The average molecular weight is 295 g/mol. The van der Waals surface area contributed by atoms with Gasteiger partial charge in [0.05, 0.1) is 6.42 Å². The molecule has 2 N–H and O–H groups in total. The molecule has 1 amide bonds. The lowest BCUT2D eigenvalue weighted by molar-refractivity contribution is -0.137. The number of hydrogen-bond donors (Lipinski definition) is 2. The third-order valence-corrected chi connectivity index (χ3v) is 3.05. The summed E-state index contributed by atoms with van der Waals surface area (Å²) in [7, 11) is 0. The molecule has 1 atom stereocenters. The van der Waals surface area contributed by atoms with E-state index in [9.17, 15) is 14.4 Å². The largest absolute Gasteiger partial charge is 0.481 e. The van der Waals surface area contributed by atoms with Crippen LogP contribution in [0.2, 0.25) is 0 Å². The fourth-order valence-corrected chi connectivity index (χ4v) is 1.83. The van der Waals surface area contributed by atoms with Crippen molar-refractivity contribution in [3.63, 3.8) is 0 Å². The molecular formula is C14H21N3O4. The average Bonchev–Trinajstić information content (AvgIpc) is 2.40. The van der Waals surface area contributed by atoms with E-state index >= 15 is 0 Å². The summed E-state index contributed by atoms with van der Waals surface area (Å²) in [6, 6.07) is 2.16. The molecule has 0 radical (unpaired) electrons. The van der Waals surface area contributed by atoms with E-state index in [-0.39, 0.29) is 23.6 Å². The first-order chi connectivity index (χ1) is 9.85. The van der Waals surface area contributed by atoms with Gasteiger partial charge in [-0.15, -0.1) is 0 Å². The highest BCUT2D eigenvalue weighted by atomic mass is 16.4. The number of rotatable bonds is 7. The van der Waals surface area contributed by atoms with Gasteiger partial charge >= 0.3 is 5.97 Å². The molecule has 21 heavy (non-hydrogen) atoms. The summed E-state index contributed by atoms with van der Waals surface area (Å²) in [5.74, 6) is -1.47. The van der Waals surface area contributed by atoms with Gasteiger partial charge in [0.1, 0.15) is 5.69 Å². The summed E-state index contributed by atoms with van der Waals surface area (Å²) in [5, 5.41) is 15.5. The normalized spacial score (nSPS) is 12.2. The van der Waals surface area contributed by atoms with Crippen LogP contribution in [-0.4, -0.2) is 32.8 Å². The van der Waals surface area contributed by atoms with Crippen molar-refractivity contribution in [1.82, 2.24) is 15.1 Å². The van der Waals surface area contributed by atoms with Crippen molar-refractivity contribution in [2.24, 2.45) is 5.92 Å². The summed E-state index contributed by atoms with van der Waals surface area (Å²) in [6.45, 7) is 6.00.